The number of ether oxygens (including phenoxy) is 2. The quantitative estimate of drug-likeness (QED) is 0.118. The average Bonchev–Trinajstić information content (AvgIpc) is 3.56. The van der Waals surface area contributed by atoms with E-state index in [4.69, 9.17) is 41.0 Å². The highest BCUT2D eigenvalue weighted by Crippen LogP contribution is 2.53. The number of aromatic nitrogens is 4. The molecule has 4 amide bonds. The van der Waals surface area contributed by atoms with Crippen LogP contribution in [0.4, 0.5) is 9.59 Å². The number of H-pyrrole nitrogens is 2. The second-order valence-electron chi connectivity index (χ2n) is 15.3. The fraction of sp³-hybridized carbons (Fsp3) is 0.450. The molecule has 6 atom stereocenters. The van der Waals surface area contributed by atoms with E-state index in [0.29, 0.717) is 71.7 Å². The first-order chi connectivity index (χ1) is 28.0. The highest BCUT2D eigenvalue weighted by atomic mass is 127. The van der Waals surface area contributed by atoms with Gasteiger partial charge in [0.1, 0.15) is 45.9 Å². The van der Waals surface area contributed by atoms with Gasteiger partial charge in [0.05, 0.1) is 19.2 Å². The molecule has 2 aromatic carbocycles. The van der Waals surface area contributed by atoms with Gasteiger partial charge < -0.3 is 42.9 Å². The molecular formula is C40H43Cl2IN8O7. The zero-order chi connectivity index (χ0) is 40.7. The molecule has 8 rings (SSSR count). The summed E-state index contributed by atoms with van der Waals surface area (Å²) in [6.45, 7) is 2.92. The Labute approximate surface area is 358 Å². The minimum Gasteiger partial charge on any atom is -0.453 e. The first-order valence-electron chi connectivity index (χ1n) is 19.4. The number of hydrogen-bond acceptors (Lipinski definition) is 9. The summed E-state index contributed by atoms with van der Waals surface area (Å²) in [5.74, 6) is 1.19. The molecule has 0 radical (unpaired) electrons. The van der Waals surface area contributed by atoms with Crippen molar-refractivity contribution >= 4 is 70.2 Å². The monoisotopic (exact) mass is 944 g/mol. The number of likely N-dealkylation sites (tertiary alicyclic amines) is 2. The van der Waals surface area contributed by atoms with Gasteiger partial charge in [-0.15, -0.1) is 0 Å². The molecule has 4 N–H and O–H groups in total. The molecule has 58 heavy (non-hydrogen) atoms. The fourth-order valence-corrected chi connectivity index (χ4v) is 9.44. The lowest BCUT2D eigenvalue weighted by Gasteiger charge is -2.35. The minimum atomic E-state index is -0.746. The second kappa shape index (κ2) is 17.1. The molecular weight excluding hydrogens is 902 g/mol. The molecule has 4 aliphatic rings. The van der Waals surface area contributed by atoms with Gasteiger partial charge in [0.2, 0.25) is 11.8 Å². The average molecular weight is 946 g/mol. The number of carbonyl (C=O) groups is 4. The van der Waals surface area contributed by atoms with E-state index in [9.17, 15) is 19.2 Å². The first kappa shape index (κ1) is 40.4. The van der Waals surface area contributed by atoms with Crippen LogP contribution in [0.3, 0.4) is 0 Å². The number of halogens is 3. The zero-order valence-electron chi connectivity index (χ0n) is 31.8. The molecule has 1 saturated carbocycles. The Morgan fingerprint density at radius 2 is 1.40 bits per heavy atom. The lowest BCUT2D eigenvalue weighted by atomic mass is 9.90. The standard InChI is InChI=1S/C40H43Cl2IN8O7/c1-20-3-12-27(50(20)38(53)33(47-40(55)58-43)25-13-15-57-16-14-25)36-45-31(34(41)48-36)23-8-4-21(5-9-23)22-6-10-24(11-7-22)32-35(42)49-37(46-32)29-18-26-17-28(26)51(29)30(52)19-44-39(54)56-2/h4-11,20,25-29,33H,3,12-19H2,1-2H3,(H,44,54)(H,45,48)(H,46,49)(H,47,55)/t20?,26-,27+,28-,29+,33+/m1/s1. The molecule has 5 heterocycles. The number of rotatable bonds is 10. The largest absolute Gasteiger partial charge is 0.453 e. The SMILES string of the molecule is COC(=O)NCC(=O)N1[C@@H]2C[C@@H]2C[C@H]1c1nc(-c2ccc(-c3ccc(-c4nc([C@@H]5CCC(C)N5C(=O)[C@@H](NC(=O)OI)C5CCOCC5)[nH]c4Cl)cc3)cc2)c(Cl)[nH]1. The van der Waals surface area contributed by atoms with Crippen molar-refractivity contribution in [1.29, 1.82) is 0 Å². The first-order valence-corrected chi connectivity index (χ1v) is 21.0. The van der Waals surface area contributed by atoms with E-state index in [0.717, 1.165) is 41.5 Å². The third-order valence-corrected chi connectivity index (χ3v) is 12.8. The van der Waals surface area contributed by atoms with Gasteiger partial charge in [0, 0.05) is 36.4 Å². The van der Waals surface area contributed by atoms with E-state index in [1.807, 2.05) is 65.3 Å². The highest BCUT2D eigenvalue weighted by Gasteiger charge is 2.55. The second-order valence-corrected chi connectivity index (χ2v) is 16.5. The van der Waals surface area contributed by atoms with Gasteiger partial charge in [-0.05, 0) is 68.4 Å². The van der Waals surface area contributed by atoms with Crippen LogP contribution in [-0.4, -0.2) is 98.7 Å². The van der Waals surface area contributed by atoms with E-state index < -0.39 is 18.2 Å². The Morgan fingerprint density at radius 3 is 1.97 bits per heavy atom. The molecule has 15 nitrogen and oxygen atoms in total. The summed E-state index contributed by atoms with van der Waals surface area (Å²) >= 11 is 15.0. The van der Waals surface area contributed by atoms with E-state index in [1.165, 1.54) is 30.1 Å². The van der Waals surface area contributed by atoms with E-state index in [1.54, 1.807) is 0 Å². The van der Waals surface area contributed by atoms with Crippen LogP contribution in [0, 0.1) is 11.8 Å². The molecule has 1 aliphatic carbocycles. The highest BCUT2D eigenvalue weighted by molar-refractivity contribution is 14.1. The van der Waals surface area contributed by atoms with Crippen molar-refractivity contribution in [2.45, 2.75) is 75.7 Å². The predicted molar refractivity (Wildman–Crippen MR) is 223 cm³/mol. The number of fused-ring (bicyclic) bond motifs is 1. The Morgan fingerprint density at radius 1 is 0.828 bits per heavy atom. The smallest absolute Gasteiger partial charge is 0.417 e. The number of methoxy groups -OCH3 is 1. The van der Waals surface area contributed by atoms with Crippen LogP contribution in [0.25, 0.3) is 33.6 Å². The van der Waals surface area contributed by atoms with E-state index in [-0.39, 0.29) is 48.4 Å². The third kappa shape index (κ3) is 8.12. The molecule has 4 aromatic rings. The van der Waals surface area contributed by atoms with Crippen molar-refractivity contribution in [1.82, 2.24) is 40.4 Å². The topological polar surface area (TPSA) is 184 Å². The number of nitrogens with zero attached hydrogens (tertiary/aromatic N) is 4. The van der Waals surface area contributed by atoms with Gasteiger partial charge in [-0.25, -0.2) is 19.6 Å². The molecule has 0 bridgehead atoms. The number of aromatic amines is 2. The van der Waals surface area contributed by atoms with Crippen LogP contribution in [0.15, 0.2) is 48.5 Å². The van der Waals surface area contributed by atoms with Gasteiger partial charge in [-0.2, -0.15) is 0 Å². The Balaban J connectivity index is 0.955. The molecule has 18 heteroatoms. The molecule has 1 unspecified atom stereocenters. The molecule has 3 aliphatic heterocycles. The number of hydrogen-bond donors (Lipinski definition) is 4. The summed E-state index contributed by atoms with van der Waals surface area (Å²) in [7, 11) is 1.26. The summed E-state index contributed by atoms with van der Waals surface area (Å²) in [4.78, 5) is 71.0. The number of imidazole rings is 2. The van der Waals surface area contributed by atoms with E-state index >= 15 is 0 Å². The number of amides is 4. The maximum atomic E-state index is 14.2. The minimum absolute atomic E-state index is 0.0663. The van der Waals surface area contributed by atoms with Crippen LogP contribution in [-0.2, 0) is 22.1 Å². The lowest BCUT2D eigenvalue weighted by Crippen LogP contribution is -2.54. The molecule has 4 fully saturated rings. The van der Waals surface area contributed by atoms with Gasteiger partial charge in [-0.1, -0.05) is 71.7 Å². The maximum Gasteiger partial charge on any atom is 0.417 e. The van der Waals surface area contributed by atoms with Crippen molar-refractivity contribution in [3.8, 4) is 33.6 Å². The number of nitrogens with one attached hydrogen (secondary N) is 4. The van der Waals surface area contributed by atoms with Crippen LogP contribution < -0.4 is 10.6 Å². The van der Waals surface area contributed by atoms with Gasteiger partial charge in [0.25, 0.3) is 0 Å². The van der Waals surface area contributed by atoms with Crippen LogP contribution in [0.1, 0.15) is 69.2 Å². The number of alkyl carbamates (subject to hydrolysis) is 1. The summed E-state index contributed by atoms with van der Waals surface area (Å²) < 4.78 is 15.0. The third-order valence-electron chi connectivity index (χ3n) is 11.9. The van der Waals surface area contributed by atoms with Crippen molar-refractivity contribution < 1.29 is 31.7 Å². The van der Waals surface area contributed by atoms with E-state index in [2.05, 4.69) is 25.3 Å². The number of piperidine rings is 1. The van der Waals surface area contributed by atoms with Crippen LogP contribution in [0.2, 0.25) is 10.3 Å². The number of carbonyl (C=O) groups excluding carboxylic acids is 4. The summed E-state index contributed by atoms with van der Waals surface area (Å²) in [5.41, 5.74) is 4.78. The Hall–Kier alpha value is -4.39. The van der Waals surface area contributed by atoms with Gasteiger partial charge >= 0.3 is 12.2 Å². The molecule has 2 aromatic heterocycles. The van der Waals surface area contributed by atoms with Crippen molar-refractivity contribution in [2.75, 3.05) is 26.9 Å². The van der Waals surface area contributed by atoms with Crippen molar-refractivity contribution in [3.05, 3.63) is 70.5 Å². The molecule has 3 saturated heterocycles. The van der Waals surface area contributed by atoms with Crippen molar-refractivity contribution in [2.24, 2.45) is 11.8 Å². The zero-order valence-corrected chi connectivity index (χ0v) is 35.5. The Bertz CT molecular complexity index is 2180. The summed E-state index contributed by atoms with van der Waals surface area (Å²) in [6.07, 6.45) is 3.21. The normalized spacial score (nSPS) is 23.3. The summed E-state index contributed by atoms with van der Waals surface area (Å²) in [6, 6.07) is 14.6. The summed E-state index contributed by atoms with van der Waals surface area (Å²) in [5, 5.41) is 6.05. The van der Waals surface area contributed by atoms with Crippen LogP contribution in [0.5, 0.6) is 0 Å². The van der Waals surface area contributed by atoms with Crippen LogP contribution >= 0.6 is 46.2 Å². The maximum absolute atomic E-state index is 14.2. The molecule has 0 spiro atoms. The lowest BCUT2D eigenvalue weighted by molar-refractivity contribution is -0.138. The predicted octanol–water partition coefficient (Wildman–Crippen LogP) is 7.38. The van der Waals surface area contributed by atoms with Gasteiger partial charge in [-0.3, -0.25) is 9.59 Å². The fourth-order valence-electron chi connectivity index (χ4n) is 8.81. The Kier molecular flexibility index (Phi) is 11.9. The van der Waals surface area contributed by atoms with Crippen molar-refractivity contribution in [3.63, 3.8) is 0 Å². The number of benzene rings is 2. The molecule has 306 valence electrons. The van der Waals surface area contributed by atoms with Gasteiger partial charge in [0.15, 0.2) is 23.0 Å².